The van der Waals surface area contributed by atoms with Gasteiger partial charge in [0.15, 0.2) is 0 Å². The van der Waals surface area contributed by atoms with E-state index in [0.29, 0.717) is 12.0 Å². The minimum atomic E-state index is 0.194. The van der Waals surface area contributed by atoms with Gasteiger partial charge in [0.25, 0.3) is 0 Å². The van der Waals surface area contributed by atoms with Crippen LogP contribution in [0.15, 0.2) is 36.5 Å². The molecule has 3 atom stereocenters. The monoisotopic (exact) mass is 331 g/mol. The first-order valence-electron chi connectivity index (χ1n) is 8.91. The summed E-state index contributed by atoms with van der Waals surface area (Å²) in [7, 11) is 6.15. The molecule has 0 bridgehead atoms. The molecule has 4 heteroatoms. The molecule has 0 aromatic heterocycles. The molecule has 0 amide bonds. The van der Waals surface area contributed by atoms with Crippen molar-refractivity contribution >= 4 is 5.69 Å². The lowest BCUT2D eigenvalue weighted by atomic mass is 9.93. The van der Waals surface area contributed by atoms with Gasteiger partial charge in [-0.1, -0.05) is 25.6 Å². The molecule has 1 fully saturated rings. The highest BCUT2D eigenvalue weighted by Gasteiger charge is 2.34. The Morgan fingerprint density at radius 2 is 2.25 bits per heavy atom. The molecule has 1 saturated heterocycles. The Kier molecular flexibility index (Phi) is 6.69. The van der Waals surface area contributed by atoms with E-state index in [1.165, 1.54) is 18.4 Å². The minimum absolute atomic E-state index is 0.194. The van der Waals surface area contributed by atoms with Crippen molar-refractivity contribution in [2.24, 2.45) is 5.92 Å². The van der Waals surface area contributed by atoms with Crippen LogP contribution in [0.4, 0.5) is 5.69 Å². The second-order valence-electron chi connectivity index (χ2n) is 7.09. The second-order valence-corrected chi connectivity index (χ2v) is 7.09. The van der Waals surface area contributed by atoms with Crippen molar-refractivity contribution < 1.29 is 4.74 Å². The summed E-state index contributed by atoms with van der Waals surface area (Å²) in [5, 5.41) is 0. The van der Waals surface area contributed by atoms with E-state index in [1.807, 2.05) is 25.3 Å². The topological polar surface area (TPSA) is 41.7 Å². The van der Waals surface area contributed by atoms with Crippen LogP contribution in [0.5, 0.6) is 0 Å². The number of hydrogen-bond acceptors (Lipinski definition) is 4. The number of nitrogens with two attached hydrogens (primary N) is 1. The van der Waals surface area contributed by atoms with Crippen molar-refractivity contribution in [3.63, 3.8) is 0 Å². The van der Waals surface area contributed by atoms with E-state index < -0.39 is 0 Å². The normalized spacial score (nSPS) is 20.8. The number of likely N-dealkylation sites (tertiary alicyclic amines) is 1. The summed E-state index contributed by atoms with van der Waals surface area (Å²) in [6, 6.07) is 8.60. The fourth-order valence-corrected chi connectivity index (χ4v) is 3.77. The summed E-state index contributed by atoms with van der Waals surface area (Å²) in [5.41, 5.74) is 9.10. The van der Waals surface area contributed by atoms with Crippen molar-refractivity contribution in [3.8, 4) is 0 Å². The quantitative estimate of drug-likeness (QED) is 0.744. The van der Waals surface area contributed by atoms with Crippen molar-refractivity contribution in [2.75, 3.05) is 40.0 Å². The largest absolute Gasteiger partial charge is 0.399 e. The average Bonchev–Trinajstić information content (AvgIpc) is 2.98. The first-order valence-corrected chi connectivity index (χ1v) is 8.91. The van der Waals surface area contributed by atoms with Crippen LogP contribution < -0.4 is 5.73 Å². The Hall–Kier alpha value is -1.52. The summed E-state index contributed by atoms with van der Waals surface area (Å²) in [6.07, 6.45) is 3.62. The summed E-state index contributed by atoms with van der Waals surface area (Å²) in [4.78, 5) is 4.68. The Morgan fingerprint density at radius 3 is 2.83 bits per heavy atom. The van der Waals surface area contributed by atoms with E-state index in [9.17, 15) is 0 Å². The van der Waals surface area contributed by atoms with Gasteiger partial charge in [0, 0.05) is 44.0 Å². The molecule has 2 N–H and O–H groups in total. The number of methoxy groups -OCH3 is 1. The molecule has 3 unspecified atom stereocenters. The molecule has 24 heavy (non-hydrogen) atoms. The van der Waals surface area contributed by atoms with Crippen molar-refractivity contribution in [3.05, 3.63) is 42.1 Å². The number of nitrogens with zero attached hydrogens (tertiary/aromatic N) is 2. The molecule has 1 aliphatic rings. The number of ether oxygens (including phenoxy) is 1. The summed E-state index contributed by atoms with van der Waals surface area (Å²) in [6.45, 7) is 8.68. The van der Waals surface area contributed by atoms with Crippen molar-refractivity contribution in [1.29, 1.82) is 0 Å². The lowest BCUT2D eigenvalue weighted by molar-refractivity contribution is 0.00675. The summed E-state index contributed by atoms with van der Waals surface area (Å²) >= 11 is 0. The number of benzene rings is 1. The maximum Gasteiger partial charge on any atom is 0.0805 e. The molecular formula is C20H33N3O. The van der Waals surface area contributed by atoms with Gasteiger partial charge < -0.3 is 20.3 Å². The maximum atomic E-state index is 5.87. The zero-order valence-electron chi connectivity index (χ0n) is 15.7. The van der Waals surface area contributed by atoms with Gasteiger partial charge in [-0.3, -0.25) is 0 Å². The van der Waals surface area contributed by atoms with Crippen LogP contribution in [-0.2, 0) is 11.2 Å². The van der Waals surface area contributed by atoms with Gasteiger partial charge in [0.1, 0.15) is 0 Å². The van der Waals surface area contributed by atoms with Crippen LogP contribution in [0.2, 0.25) is 0 Å². The van der Waals surface area contributed by atoms with E-state index in [0.717, 1.165) is 30.9 Å². The highest BCUT2D eigenvalue weighted by molar-refractivity contribution is 5.40. The van der Waals surface area contributed by atoms with Gasteiger partial charge in [0.2, 0.25) is 0 Å². The number of nitrogen functional groups attached to an aromatic ring is 1. The molecule has 4 nitrogen and oxygen atoms in total. The Bertz CT molecular complexity index is 545. The number of anilines is 1. The molecule has 1 aromatic rings. The lowest BCUT2D eigenvalue weighted by Gasteiger charge is -2.36. The standard InChI is InChI=1S/C20H33N3O/c1-15(20(24-5)19-10-7-12-23(19)4)16(2)22(3)13-11-17-8-6-9-18(21)14-17/h6,8-9,14-15,19-20H,2,7,10-13,21H2,1,3-5H3. The Morgan fingerprint density at radius 1 is 1.50 bits per heavy atom. The highest BCUT2D eigenvalue weighted by atomic mass is 16.5. The fraction of sp³-hybridized carbons (Fsp3) is 0.600. The molecule has 2 rings (SSSR count). The Balaban J connectivity index is 1.93. The third kappa shape index (κ3) is 4.52. The van der Waals surface area contributed by atoms with Gasteiger partial charge in [-0.2, -0.15) is 0 Å². The van der Waals surface area contributed by atoms with E-state index in [1.54, 1.807) is 0 Å². The van der Waals surface area contributed by atoms with E-state index in [4.69, 9.17) is 10.5 Å². The van der Waals surface area contributed by atoms with Crippen LogP contribution in [-0.4, -0.2) is 56.2 Å². The van der Waals surface area contributed by atoms with Crippen LogP contribution in [0.25, 0.3) is 0 Å². The van der Waals surface area contributed by atoms with Gasteiger partial charge in [-0.05, 0) is 50.6 Å². The van der Waals surface area contributed by atoms with Crippen LogP contribution >= 0.6 is 0 Å². The summed E-state index contributed by atoms with van der Waals surface area (Å²) < 4.78 is 5.87. The molecule has 1 aliphatic heterocycles. The molecule has 0 radical (unpaired) electrons. The van der Waals surface area contributed by atoms with Gasteiger partial charge in [-0.25, -0.2) is 0 Å². The average molecular weight is 332 g/mol. The zero-order valence-corrected chi connectivity index (χ0v) is 15.7. The molecule has 1 heterocycles. The van der Waals surface area contributed by atoms with Crippen molar-refractivity contribution in [1.82, 2.24) is 9.80 Å². The molecule has 0 aliphatic carbocycles. The third-order valence-electron chi connectivity index (χ3n) is 5.42. The number of likely N-dealkylation sites (N-methyl/N-ethyl adjacent to an activating group) is 2. The zero-order chi connectivity index (χ0) is 17.7. The lowest BCUT2D eigenvalue weighted by Crippen LogP contribution is -2.43. The number of rotatable bonds is 8. The van der Waals surface area contributed by atoms with Crippen LogP contribution in [0.1, 0.15) is 25.3 Å². The molecular weight excluding hydrogens is 298 g/mol. The van der Waals surface area contributed by atoms with Crippen molar-refractivity contribution in [2.45, 2.75) is 38.3 Å². The third-order valence-corrected chi connectivity index (χ3v) is 5.42. The predicted octanol–water partition coefficient (Wildman–Crippen LogP) is 3.00. The Labute approximate surface area is 147 Å². The number of hydrogen-bond donors (Lipinski definition) is 1. The van der Waals surface area contributed by atoms with Gasteiger partial charge in [-0.15, -0.1) is 0 Å². The van der Waals surface area contributed by atoms with Crippen LogP contribution in [0, 0.1) is 5.92 Å². The van der Waals surface area contributed by atoms with E-state index in [2.05, 4.69) is 43.5 Å². The second kappa shape index (κ2) is 8.54. The molecule has 0 spiro atoms. The molecule has 0 saturated carbocycles. The minimum Gasteiger partial charge on any atom is -0.399 e. The van der Waals surface area contributed by atoms with E-state index >= 15 is 0 Å². The predicted molar refractivity (Wildman–Crippen MR) is 102 cm³/mol. The molecule has 134 valence electrons. The summed E-state index contributed by atoms with van der Waals surface area (Å²) in [5.74, 6) is 0.298. The fourth-order valence-electron chi connectivity index (χ4n) is 3.77. The smallest absolute Gasteiger partial charge is 0.0805 e. The van der Waals surface area contributed by atoms with Gasteiger partial charge in [0.05, 0.1) is 6.10 Å². The maximum absolute atomic E-state index is 5.87. The SMILES string of the molecule is C=C(C(C)C(OC)C1CCCN1C)N(C)CCc1cccc(N)c1. The first-order chi connectivity index (χ1) is 11.4. The molecule has 1 aromatic carbocycles. The highest BCUT2D eigenvalue weighted by Crippen LogP contribution is 2.28. The van der Waals surface area contributed by atoms with E-state index in [-0.39, 0.29) is 6.10 Å². The van der Waals surface area contributed by atoms with Crippen LogP contribution in [0.3, 0.4) is 0 Å². The van der Waals surface area contributed by atoms with Gasteiger partial charge >= 0.3 is 0 Å². The first kappa shape index (κ1) is 18.8.